The van der Waals surface area contributed by atoms with Gasteiger partial charge < -0.3 is 10.2 Å². The molecule has 4 nitrogen and oxygen atoms in total. The van der Waals surface area contributed by atoms with E-state index >= 15 is 0 Å². The molecule has 180 valence electrons. The van der Waals surface area contributed by atoms with Crippen molar-refractivity contribution in [3.05, 3.63) is 60.2 Å². The Labute approximate surface area is 207 Å². The molecule has 2 amide bonds. The second-order valence-electron chi connectivity index (χ2n) is 10.7. The number of carbonyl (C=O) groups is 2. The van der Waals surface area contributed by atoms with Crippen molar-refractivity contribution >= 4 is 29.3 Å². The summed E-state index contributed by atoms with van der Waals surface area (Å²) in [6.07, 6.45) is 9.57. The summed E-state index contributed by atoms with van der Waals surface area (Å²) >= 11 is 1.49. The van der Waals surface area contributed by atoms with Gasteiger partial charge in [-0.1, -0.05) is 43.7 Å². The molecular weight excluding hydrogens is 440 g/mol. The molecule has 1 N–H and O–H groups in total. The highest BCUT2D eigenvalue weighted by Crippen LogP contribution is 2.55. The van der Waals surface area contributed by atoms with Crippen LogP contribution in [0.1, 0.15) is 68.6 Å². The topological polar surface area (TPSA) is 49.4 Å². The number of carbonyl (C=O) groups excluding carboxylic acids is 2. The van der Waals surface area contributed by atoms with Gasteiger partial charge in [0.25, 0.3) is 5.91 Å². The minimum Gasteiger partial charge on any atom is -0.350 e. The predicted octanol–water partition coefficient (Wildman–Crippen LogP) is 6.31. The summed E-state index contributed by atoms with van der Waals surface area (Å²) in [5.74, 6) is 2.90. The lowest BCUT2D eigenvalue weighted by Crippen LogP contribution is -2.60. The van der Waals surface area contributed by atoms with Gasteiger partial charge in [0.1, 0.15) is 0 Å². The molecule has 5 heteroatoms. The number of unbranched alkanes of at least 4 members (excludes halogenated alkanes) is 1. The lowest BCUT2D eigenvalue weighted by Gasteiger charge is -2.56. The Morgan fingerprint density at radius 3 is 2.21 bits per heavy atom. The average Bonchev–Trinajstić information content (AvgIpc) is 2.82. The second-order valence-corrected chi connectivity index (χ2v) is 11.7. The molecule has 0 aliphatic heterocycles. The van der Waals surface area contributed by atoms with Crippen molar-refractivity contribution < 1.29 is 9.59 Å². The number of thioether (sulfide) groups is 1. The smallest absolute Gasteiger partial charge is 0.259 e. The first-order valence-corrected chi connectivity index (χ1v) is 13.9. The largest absolute Gasteiger partial charge is 0.350 e. The van der Waals surface area contributed by atoms with Crippen LogP contribution in [0.4, 0.5) is 5.69 Å². The van der Waals surface area contributed by atoms with Gasteiger partial charge in [-0.25, -0.2) is 0 Å². The number of para-hydroxylation sites is 1. The van der Waals surface area contributed by atoms with Crippen LogP contribution in [0.3, 0.4) is 0 Å². The van der Waals surface area contributed by atoms with Crippen molar-refractivity contribution in [3.63, 3.8) is 0 Å². The molecule has 4 saturated carbocycles. The number of amides is 2. The van der Waals surface area contributed by atoms with E-state index in [4.69, 9.17) is 0 Å². The van der Waals surface area contributed by atoms with E-state index < -0.39 is 0 Å². The Bertz CT molecular complexity index is 987. The van der Waals surface area contributed by atoms with E-state index in [1.165, 1.54) is 31.0 Å². The van der Waals surface area contributed by atoms with Gasteiger partial charge in [-0.05, 0) is 87.0 Å². The molecule has 0 saturated heterocycles. The van der Waals surface area contributed by atoms with E-state index in [9.17, 15) is 9.59 Å². The number of benzene rings is 2. The van der Waals surface area contributed by atoms with Gasteiger partial charge in [-0.15, -0.1) is 11.8 Å². The normalized spacial score (nSPS) is 26.9. The maximum atomic E-state index is 13.6. The molecule has 0 unspecified atom stereocenters. The lowest BCUT2D eigenvalue weighted by atomic mass is 9.53. The van der Waals surface area contributed by atoms with E-state index in [1.54, 1.807) is 0 Å². The summed E-state index contributed by atoms with van der Waals surface area (Å²) in [6.45, 7) is 2.82. The number of nitrogens with zero attached hydrogens (tertiary/aromatic N) is 1. The number of anilines is 1. The van der Waals surface area contributed by atoms with Crippen LogP contribution >= 0.6 is 11.8 Å². The quantitative estimate of drug-likeness (QED) is 0.432. The molecule has 4 aliphatic rings. The van der Waals surface area contributed by atoms with Crippen molar-refractivity contribution in [1.82, 2.24) is 5.32 Å². The van der Waals surface area contributed by atoms with Gasteiger partial charge in [0.05, 0.1) is 11.3 Å². The van der Waals surface area contributed by atoms with Crippen LogP contribution in [0.5, 0.6) is 0 Å². The standard InChI is InChI=1S/C29H36N2O2S/c1-2-3-13-31(24-9-5-4-6-10-24)28(33)25-11-7-8-12-26(25)34-20-27(32)30-29-17-21-14-22(18-29)16-23(15-21)19-29/h4-12,21-23H,2-3,13-20H2,1H3,(H,30,32). The van der Waals surface area contributed by atoms with E-state index in [-0.39, 0.29) is 17.4 Å². The molecule has 2 aromatic carbocycles. The van der Waals surface area contributed by atoms with Crippen LogP contribution < -0.4 is 10.2 Å². The van der Waals surface area contributed by atoms with Crippen molar-refractivity contribution in [2.24, 2.45) is 17.8 Å². The zero-order valence-corrected chi connectivity index (χ0v) is 21.0. The van der Waals surface area contributed by atoms with Crippen LogP contribution in [-0.4, -0.2) is 29.7 Å². The van der Waals surface area contributed by atoms with Gasteiger partial charge in [-0.3, -0.25) is 9.59 Å². The fraction of sp³-hybridized carbons (Fsp3) is 0.517. The van der Waals surface area contributed by atoms with Gasteiger partial charge >= 0.3 is 0 Å². The van der Waals surface area contributed by atoms with Gasteiger partial charge in [0.2, 0.25) is 5.91 Å². The van der Waals surface area contributed by atoms with E-state index in [0.717, 1.165) is 60.4 Å². The second kappa shape index (κ2) is 10.2. The molecule has 2 aromatic rings. The Kier molecular flexibility index (Phi) is 7.01. The molecule has 0 radical (unpaired) electrons. The molecule has 6 rings (SSSR count). The first kappa shape index (κ1) is 23.5. The summed E-state index contributed by atoms with van der Waals surface area (Å²) in [4.78, 5) is 29.4. The van der Waals surface area contributed by atoms with Gasteiger partial charge in [-0.2, -0.15) is 0 Å². The summed E-state index contributed by atoms with van der Waals surface area (Å²) in [5, 5.41) is 3.46. The minimum absolute atomic E-state index is 0.00393. The number of hydrogen-bond donors (Lipinski definition) is 1. The summed E-state index contributed by atoms with van der Waals surface area (Å²) in [5.41, 5.74) is 1.63. The average molecular weight is 477 g/mol. The Balaban J connectivity index is 1.26. The third-order valence-electron chi connectivity index (χ3n) is 7.97. The third kappa shape index (κ3) is 5.05. The zero-order valence-electron chi connectivity index (χ0n) is 20.2. The van der Waals surface area contributed by atoms with Gasteiger partial charge in [0, 0.05) is 22.7 Å². The molecule has 0 heterocycles. The van der Waals surface area contributed by atoms with E-state index in [0.29, 0.717) is 17.9 Å². The first-order valence-electron chi connectivity index (χ1n) is 12.9. The van der Waals surface area contributed by atoms with E-state index in [1.807, 2.05) is 59.5 Å². The summed E-state index contributed by atoms with van der Waals surface area (Å²) in [7, 11) is 0. The molecular formula is C29H36N2O2S. The van der Waals surface area contributed by atoms with Crippen LogP contribution in [0.25, 0.3) is 0 Å². The maximum Gasteiger partial charge on any atom is 0.259 e. The fourth-order valence-electron chi connectivity index (χ4n) is 6.93. The SMILES string of the molecule is CCCCN(C(=O)c1ccccc1SCC(=O)NC12CC3CC(CC(C3)C1)C2)c1ccccc1. The Hall–Kier alpha value is -2.27. The molecule has 4 fully saturated rings. The molecule has 4 aliphatic carbocycles. The van der Waals surface area contributed by atoms with Crippen LogP contribution in [0.15, 0.2) is 59.5 Å². The Morgan fingerprint density at radius 1 is 0.941 bits per heavy atom. The summed E-state index contributed by atoms with van der Waals surface area (Å²) < 4.78 is 0. The van der Waals surface area contributed by atoms with Crippen LogP contribution in [0, 0.1) is 17.8 Å². The molecule has 0 aromatic heterocycles. The maximum absolute atomic E-state index is 13.6. The first-order chi connectivity index (χ1) is 16.5. The lowest BCUT2D eigenvalue weighted by molar-refractivity contribution is -0.124. The van der Waals surface area contributed by atoms with Crippen LogP contribution in [-0.2, 0) is 4.79 Å². The third-order valence-corrected chi connectivity index (χ3v) is 9.04. The molecule has 34 heavy (non-hydrogen) atoms. The van der Waals surface area contributed by atoms with Crippen molar-refractivity contribution in [2.45, 2.75) is 68.7 Å². The van der Waals surface area contributed by atoms with Gasteiger partial charge in [0.15, 0.2) is 0 Å². The Morgan fingerprint density at radius 2 is 1.56 bits per heavy atom. The van der Waals surface area contributed by atoms with Crippen LogP contribution in [0.2, 0.25) is 0 Å². The highest BCUT2D eigenvalue weighted by atomic mass is 32.2. The van der Waals surface area contributed by atoms with Crippen molar-refractivity contribution in [3.8, 4) is 0 Å². The monoisotopic (exact) mass is 476 g/mol. The van der Waals surface area contributed by atoms with Crippen molar-refractivity contribution in [1.29, 1.82) is 0 Å². The number of rotatable bonds is 9. The number of hydrogen-bond acceptors (Lipinski definition) is 3. The zero-order chi connectivity index (χ0) is 23.5. The molecule has 0 atom stereocenters. The predicted molar refractivity (Wildman–Crippen MR) is 139 cm³/mol. The highest BCUT2D eigenvalue weighted by Gasteiger charge is 2.51. The molecule has 4 bridgehead atoms. The summed E-state index contributed by atoms with van der Waals surface area (Å²) in [6, 6.07) is 17.6. The number of nitrogens with one attached hydrogen (secondary N) is 1. The molecule has 0 spiro atoms. The highest BCUT2D eigenvalue weighted by molar-refractivity contribution is 8.00. The minimum atomic E-state index is 0.00393. The van der Waals surface area contributed by atoms with E-state index in [2.05, 4.69) is 12.2 Å². The fourth-order valence-corrected chi connectivity index (χ4v) is 7.77. The van der Waals surface area contributed by atoms with Crippen molar-refractivity contribution in [2.75, 3.05) is 17.2 Å².